The van der Waals surface area contributed by atoms with Crippen molar-refractivity contribution in [3.8, 4) is 0 Å². The van der Waals surface area contributed by atoms with Crippen LogP contribution >= 0.6 is 24.0 Å². The highest BCUT2D eigenvalue weighted by atomic mass is 127. The van der Waals surface area contributed by atoms with E-state index in [1.54, 1.807) is 0 Å². The number of hydrogen-bond acceptors (Lipinski definition) is 3. The molecule has 29 heavy (non-hydrogen) atoms. The Morgan fingerprint density at radius 3 is 2.62 bits per heavy atom. The molecule has 0 unspecified atom stereocenters. The van der Waals surface area contributed by atoms with E-state index >= 15 is 0 Å². The maximum atomic E-state index is 13.8. The van der Waals surface area contributed by atoms with Gasteiger partial charge < -0.3 is 15.5 Å². The number of halogens is 3. The molecule has 0 spiro atoms. The van der Waals surface area contributed by atoms with Gasteiger partial charge in [0.15, 0.2) is 5.96 Å². The van der Waals surface area contributed by atoms with Crippen molar-refractivity contribution >= 4 is 35.8 Å². The molecule has 2 aromatic rings. The van der Waals surface area contributed by atoms with Crippen molar-refractivity contribution in [3.63, 3.8) is 0 Å². The highest BCUT2D eigenvalue weighted by molar-refractivity contribution is 14.0. The van der Waals surface area contributed by atoms with Crippen molar-refractivity contribution in [2.75, 3.05) is 24.5 Å². The first-order valence-corrected chi connectivity index (χ1v) is 9.71. The molecule has 1 aliphatic heterocycles. The van der Waals surface area contributed by atoms with Gasteiger partial charge in [-0.25, -0.2) is 18.8 Å². The van der Waals surface area contributed by atoms with E-state index in [1.807, 2.05) is 20.0 Å². The van der Waals surface area contributed by atoms with E-state index < -0.39 is 11.6 Å². The normalized spacial score (nSPS) is 15.0. The summed E-state index contributed by atoms with van der Waals surface area (Å²) in [5, 5.41) is 6.60. The van der Waals surface area contributed by atoms with E-state index in [0.29, 0.717) is 12.5 Å². The van der Waals surface area contributed by atoms with Crippen LogP contribution in [0, 0.1) is 18.6 Å². The van der Waals surface area contributed by atoms with Gasteiger partial charge in [-0.05, 0) is 56.5 Å². The molecule has 1 aromatic heterocycles. The average Bonchev–Trinajstić information content (AvgIpc) is 2.70. The van der Waals surface area contributed by atoms with Crippen LogP contribution in [0.1, 0.15) is 30.9 Å². The number of nitrogens with one attached hydrogen (secondary N) is 2. The summed E-state index contributed by atoms with van der Waals surface area (Å²) in [6, 6.07) is 7.85. The second kappa shape index (κ2) is 11.3. The van der Waals surface area contributed by atoms with Gasteiger partial charge in [0.2, 0.25) is 0 Å². The lowest BCUT2D eigenvalue weighted by molar-refractivity contribution is 0.459. The van der Waals surface area contributed by atoms with Crippen LogP contribution in [0.2, 0.25) is 0 Å². The van der Waals surface area contributed by atoms with E-state index in [2.05, 4.69) is 37.6 Å². The van der Waals surface area contributed by atoms with Gasteiger partial charge in [-0.2, -0.15) is 0 Å². The number of rotatable bonds is 5. The van der Waals surface area contributed by atoms with Gasteiger partial charge >= 0.3 is 0 Å². The number of pyridine rings is 1. The Kier molecular flexibility index (Phi) is 9.06. The van der Waals surface area contributed by atoms with Crippen molar-refractivity contribution < 1.29 is 8.78 Å². The molecule has 0 amide bonds. The molecule has 158 valence electrons. The van der Waals surface area contributed by atoms with Crippen molar-refractivity contribution in [1.29, 1.82) is 0 Å². The number of nitrogens with zero attached hydrogens (tertiary/aromatic N) is 3. The molecule has 1 fully saturated rings. The largest absolute Gasteiger partial charge is 0.357 e. The fourth-order valence-electron chi connectivity index (χ4n) is 3.24. The molecule has 1 aliphatic rings. The summed E-state index contributed by atoms with van der Waals surface area (Å²) in [6.45, 7) is 6.61. The second-order valence-electron chi connectivity index (χ2n) is 7.03. The van der Waals surface area contributed by atoms with Crippen LogP contribution in [0.3, 0.4) is 0 Å². The number of aromatic nitrogens is 1. The molecule has 2 heterocycles. The monoisotopic (exact) mass is 515 g/mol. The van der Waals surface area contributed by atoms with E-state index in [4.69, 9.17) is 0 Å². The lowest BCUT2D eigenvalue weighted by atomic mass is 10.1. The molecule has 0 atom stereocenters. The number of benzene rings is 1. The zero-order valence-corrected chi connectivity index (χ0v) is 19.1. The Hall–Kier alpha value is -1.97. The SMILES string of the molecule is CCNC(=NCc1cc(F)ccc1F)NC1CCN(c2ccc(C)cn2)CC1.I. The second-order valence-corrected chi connectivity index (χ2v) is 7.03. The number of guanidine groups is 1. The third-order valence-electron chi connectivity index (χ3n) is 4.82. The van der Waals surface area contributed by atoms with E-state index in [1.165, 1.54) is 6.07 Å². The fourth-order valence-corrected chi connectivity index (χ4v) is 3.24. The summed E-state index contributed by atoms with van der Waals surface area (Å²) >= 11 is 0. The molecule has 8 heteroatoms. The predicted molar refractivity (Wildman–Crippen MR) is 124 cm³/mol. The summed E-state index contributed by atoms with van der Waals surface area (Å²) in [5.74, 6) is 0.728. The van der Waals surface area contributed by atoms with Crippen LogP contribution in [-0.4, -0.2) is 36.6 Å². The maximum absolute atomic E-state index is 13.8. The van der Waals surface area contributed by atoms with E-state index in [-0.39, 0.29) is 42.1 Å². The molecule has 0 radical (unpaired) electrons. The fraction of sp³-hybridized carbons (Fsp3) is 0.429. The third kappa shape index (κ3) is 6.80. The molecule has 3 rings (SSSR count). The molecule has 2 N–H and O–H groups in total. The van der Waals surface area contributed by atoms with Gasteiger partial charge in [0, 0.05) is 37.4 Å². The summed E-state index contributed by atoms with van der Waals surface area (Å²) in [7, 11) is 0. The van der Waals surface area contributed by atoms with E-state index in [9.17, 15) is 8.78 Å². The van der Waals surface area contributed by atoms with Crippen LogP contribution in [0.5, 0.6) is 0 Å². The minimum Gasteiger partial charge on any atom is -0.357 e. The number of piperidine rings is 1. The summed E-state index contributed by atoms with van der Waals surface area (Å²) in [5.41, 5.74) is 1.40. The third-order valence-corrected chi connectivity index (χ3v) is 4.82. The van der Waals surface area contributed by atoms with E-state index in [0.717, 1.165) is 49.4 Å². The Balaban J connectivity index is 0.00000300. The smallest absolute Gasteiger partial charge is 0.191 e. The highest BCUT2D eigenvalue weighted by Gasteiger charge is 2.21. The first-order chi connectivity index (χ1) is 13.5. The summed E-state index contributed by atoms with van der Waals surface area (Å²) in [4.78, 5) is 11.2. The first kappa shape index (κ1) is 23.3. The Morgan fingerprint density at radius 1 is 1.21 bits per heavy atom. The zero-order valence-electron chi connectivity index (χ0n) is 16.8. The van der Waals surface area contributed by atoms with Crippen LogP contribution in [0.4, 0.5) is 14.6 Å². The minimum absolute atomic E-state index is 0. The molecule has 0 saturated carbocycles. The molecular formula is C21H28F2IN5. The molecule has 0 bridgehead atoms. The molecular weight excluding hydrogens is 487 g/mol. The zero-order chi connectivity index (χ0) is 19.9. The quantitative estimate of drug-likeness (QED) is 0.359. The molecule has 5 nitrogen and oxygen atoms in total. The predicted octanol–water partition coefficient (Wildman–Crippen LogP) is 4.01. The Labute approximate surface area is 188 Å². The van der Waals surface area contributed by atoms with Gasteiger partial charge in [0.1, 0.15) is 17.5 Å². The Morgan fingerprint density at radius 2 is 1.97 bits per heavy atom. The Bertz CT molecular complexity index is 805. The van der Waals surface area contributed by atoms with Crippen molar-refractivity contribution in [3.05, 3.63) is 59.3 Å². The summed E-state index contributed by atoms with van der Waals surface area (Å²) < 4.78 is 27.1. The van der Waals surface area contributed by atoms with Crippen molar-refractivity contribution in [2.24, 2.45) is 4.99 Å². The number of hydrogen-bond donors (Lipinski definition) is 2. The van der Waals surface area contributed by atoms with Crippen molar-refractivity contribution in [1.82, 2.24) is 15.6 Å². The highest BCUT2D eigenvalue weighted by Crippen LogP contribution is 2.18. The lowest BCUT2D eigenvalue weighted by Gasteiger charge is -2.33. The van der Waals surface area contributed by atoms with Gasteiger partial charge in [-0.15, -0.1) is 24.0 Å². The van der Waals surface area contributed by atoms with Gasteiger partial charge in [-0.3, -0.25) is 0 Å². The van der Waals surface area contributed by atoms with Gasteiger partial charge in [-0.1, -0.05) is 6.07 Å². The molecule has 1 aromatic carbocycles. The standard InChI is InChI=1S/C21H27F2N5.HI/c1-3-24-21(26-14-16-12-17(22)5-6-19(16)23)27-18-8-10-28(11-9-18)20-7-4-15(2)13-25-20;/h4-7,12-13,18H,3,8-11,14H2,1-2H3,(H2,24,26,27);1H. The maximum Gasteiger partial charge on any atom is 0.191 e. The van der Waals surface area contributed by atoms with Crippen LogP contribution in [0.25, 0.3) is 0 Å². The van der Waals surface area contributed by atoms with Crippen LogP contribution in [-0.2, 0) is 6.54 Å². The van der Waals surface area contributed by atoms with Gasteiger partial charge in [0.25, 0.3) is 0 Å². The number of anilines is 1. The molecule has 1 saturated heterocycles. The number of aliphatic imine (C=N–C) groups is 1. The van der Waals surface area contributed by atoms with Crippen LogP contribution < -0.4 is 15.5 Å². The number of aryl methyl sites for hydroxylation is 1. The lowest BCUT2D eigenvalue weighted by Crippen LogP contribution is -2.48. The summed E-state index contributed by atoms with van der Waals surface area (Å²) in [6.07, 6.45) is 3.80. The minimum atomic E-state index is -0.457. The van der Waals surface area contributed by atoms with Crippen LogP contribution in [0.15, 0.2) is 41.5 Å². The van der Waals surface area contributed by atoms with Crippen molar-refractivity contribution in [2.45, 2.75) is 39.3 Å². The first-order valence-electron chi connectivity index (χ1n) is 9.71. The molecule has 0 aliphatic carbocycles. The average molecular weight is 515 g/mol. The van der Waals surface area contributed by atoms with Gasteiger partial charge in [0.05, 0.1) is 6.54 Å². The topological polar surface area (TPSA) is 52.6 Å².